The van der Waals surface area contributed by atoms with Crippen molar-refractivity contribution in [2.24, 2.45) is 0 Å². The highest BCUT2D eigenvalue weighted by molar-refractivity contribution is 9.10. The molecule has 1 amide bonds. The Morgan fingerprint density at radius 2 is 2.20 bits per heavy atom. The van der Waals surface area contributed by atoms with Crippen LogP contribution in [0, 0.1) is 18.3 Å². The fourth-order valence-corrected chi connectivity index (χ4v) is 2.12. The van der Waals surface area contributed by atoms with Gasteiger partial charge in [-0.05, 0) is 46.6 Å². The Kier molecular flexibility index (Phi) is 4.38. The fourth-order valence-electron chi connectivity index (χ4n) is 1.60. The van der Waals surface area contributed by atoms with Crippen molar-refractivity contribution < 1.29 is 4.79 Å². The lowest BCUT2D eigenvalue weighted by molar-refractivity contribution is 0.102. The average molecular weight is 351 g/mol. The normalized spacial score (nSPS) is 9.90. The first-order chi connectivity index (χ1) is 9.51. The Balaban J connectivity index is 2.33. The molecular weight excluding hydrogens is 342 g/mol. The lowest BCUT2D eigenvalue weighted by atomic mass is 10.1. The second-order valence-corrected chi connectivity index (χ2v) is 5.36. The molecule has 1 N–H and O–H groups in total. The van der Waals surface area contributed by atoms with E-state index >= 15 is 0 Å². The van der Waals surface area contributed by atoms with E-state index in [2.05, 4.69) is 26.2 Å². The Bertz CT molecular complexity index is 725. The van der Waals surface area contributed by atoms with Crippen molar-refractivity contribution in [3.63, 3.8) is 0 Å². The second kappa shape index (κ2) is 6.04. The molecule has 100 valence electrons. The number of carbonyl (C=O) groups excluding carboxylic acids is 1. The number of aromatic nitrogens is 1. The molecule has 2 aromatic rings. The number of halogens is 2. The van der Waals surface area contributed by atoms with Crippen LogP contribution in [0.1, 0.15) is 21.5 Å². The van der Waals surface area contributed by atoms with Crippen LogP contribution < -0.4 is 5.32 Å². The molecule has 2 rings (SSSR count). The lowest BCUT2D eigenvalue weighted by Crippen LogP contribution is -2.14. The molecule has 4 nitrogen and oxygen atoms in total. The third-order valence-electron chi connectivity index (χ3n) is 2.67. The zero-order valence-corrected chi connectivity index (χ0v) is 12.8. The first kappa shape index (κ1) is 14.5. The maximum absolute atomic E-state index is 12.2. The number of anilines is 1. The Morgan fingerprint density at radius 3 is 2.90 bits per heavy atom. The van der Waals surface area contributed by atoms with Crippen LogP contribution in [-0.2, 0) is 0 Å². The number of pyridine rings is 1. The van der Waals surface area contributed by atoms with Gasteiger partial charge in [0.1, 0.15) is 5.15 Å². The topological polar surface area (TPSA) is 65.8 Å². The minimum atomic E-state index is -0.373. The molecular formula is C14H9BrClN3O. The van der Waals surface area contributed by atoms with Crippen LogP contribution in [-0.4, -0.2) is 10.9 Å². The number of hydrogen-bond donors (Lipinski definition) is 1. The molecule has 20 heavy (non-hydrogen) atoms. The zero-order chi connectivity index (χ0) is 14.7. The summed E-state index contributed by atoms with van der Waals surface area (Å²) in [4.78, 5) is 16.1. The van der Waals surface area contributed by atoms with Gasteiger partial charge in [-0.1, -0.05) is 17.7 Å². The maximum atomic E-state index is 12.2. The number of amides is 1. The van der Waals surface area contributed by atoms with Gasteiger partial charge in [0.15, 0.2) is 0 Å². The monoisotopic (exact) mass is 349 g/mol. The summed E-state index contributed by atoms with van der Waals surface area (Å²) >= 11 is 9.15. The van der Waals surface area contributed by atoms with E-state index in [1.54, 1.807) is 24.3 Å². The van der Waals surface area contributed by atoms with Crippen LogP contribution in [0.5, 0.6) is 0 Å². The minimum Gasteiger partial charge on any atom is -0.322 e. The fraction of sp³-hybridized carbons (Fsp3) is 0.0714. The van der Waals surface area contributed by atoms with Crippen molar-refractivity contribution in [2.75, 3.05) is 5.32 Å². The van der Waals surface area contributed by atoms with Crippen LogP contribution in [0.2, 0.25) is 5.15 Å². The van der Waals surface area contributed by atoms with Gasteiger partial charge in [0.05, 0.1) is 17.2 Å². The van der Waals surface area contributed by atoms with Crippen LogP contribution in [0.4, 0.5) is 5.69 Å². The van der Waals surface area contributed by atoms with Gasteiger partial charge in [-0.15, -0.1) is 0 Å². The lowest BCUT2D eigenvalue weighted by Gasteiger charge is -2.09. The number of nitrogens with one attached hydrogen (secondary N) is 1. The number of nitrogens with zero attached hydrogens (tertiary/aromatic N) is 2. The number of hydrogen-bond acceptors (Lipinski definition) is 3. The van der Waals surface area contributed by atoms with Crippen molar-refractivity contribution in [1.82, 2.24) is 4.98 Å². The maximum Gasteiger partial charge on any atom is 0.258 e. The van der Waals surface area contributed by atoms with Gasteiger partial charge in [0.2, 0.25) is 0 Å². The van der Waals surface area contributed by atoms with Crippen molar-refractivity contribution in [2.45, 2.75) is 6.92 Å². The summed E-state index contributed by atoms with van der Waals surface area (Å²) in [5, 5.41) is 11.7. The molecule has 1 aromatic heterocycles. The molecule has 1 heterocycles. The zero-order valence-electron chi connectivity index (χ0n) is 10.4. The molecule has 0 spiro atoms. The van der Waals surface area contributed by atoms with Crippen molar-refractivity contribution in [3.05, 3.63) is 56.8 Å². The Labute approximate surface area is 129 Å². The molecule has 6 heteroatoms. The first-order valence-electron chi connectivity index (χ1n) is 5.64. The minimum absolute atomic E-state index is 0.125. The second-order valence-electron chi connectivity index (χ2n) is 4.09. The summed E-state index contributed by atoms with van der Waals surface area (Å²) in [5.41, 5.74) is 2.17. The average Bonchev–Trinajstić information content (AvgIpc) is 2.43. The number of aryl methyl sites for hydroxylation is 1. The van der Waals surface area contributed by atoms with E-state index in [-0.39, 0.29) is 16.6 Å². The first-order valence-corrected chi connectivity index (χ1v) is 6.81. The quantitative estimate of drug-likeness (QED) is 0.835. The number of benzene rings is 1. The van der Waals surface area contributed by atoms with E-state index in [4.69, 9.17) is 16.9 Å². The van der Waals surface area contributed by atoms with Crippen molar-refractivity contribution >= 4 is 39.1 Å². The predicted molar refractivity (Wildman–Crippen MR) is 80.8 cm³/mol. The summed E-state index contributed by atoms with van der Waals surface area (Å²) in [6.07, 6.45) is 1.51. The molecule has 0 atom stereocenters. The summed E-state index contributed by atoms with van der Waals surface area (Å²) in [7, 11) is 0. The van der Waals surface area contributed by atoms with Crippen LogP contribution >= 0.6 is 27.5 Å². The van der Waals surface area contributed by atoms with Crippen LogP contribution in [0.25, 0.3) is 0 Å². The molecule has 0 saturated heterocycles. The molecule has 0 saturated carbocycles. The van der Waals surface area contributed by atoms with Gasteiger partial charge in [-0.2, -0.15) is 5.26 Å². The van der Waals surface area contributed by atoms with Gasteiger partial charge in [-0.3, -0.25) is 4.79 Å². The highest BCUT2D eigenvalue weighted by Crippen LogP contribution is 2.21. The van der Waals surface area contributed by atoms with E-state index < -0.39 is 0 Å². The van der Waals surface area contributed by atoms with E-state index in [1.807, 2.05) is 13.0 Å². The molecule has 0 fully saturated rings. The molecule has 0 aliphatic heterocycles. The SMILES string of the molecule is Cc1ccc(C#N)cc1NC(=O)c1cc(Br)cnc1Cl. The van der Waals surface area contributed by atoms with Crippen molar-refractivity contribution in [1.29, 1.82) is 5.26 Å². The van der Waals surface area contributed by atoms with E-state index in [0.29, 0.717) is 15.7 Å². The van der Waals surface area contributed by atoms with E-state index in [1.165, 1.54) is 6.20 Å². The summed E-state index contributed by atoms with van der Waals surface area (Å²) in [6.45, 7) is 1.84. The van der Waals surface area contributed by atoms with Gasteiger partial charge >= 0.3 is 0 Å². The third-order valence-corrected chi connectivity index (χ3v) is 3.40. The van der Waals surface area contributed by atoms with Crippen LogP contribution in [0.15, 0.2) is 34.9 Å². The predicted octanol–water partition coefficient (Wildman–Crippen LogP) is 3.93. The molecule has 0 aliphatic carbocycles. The van der Waals surface area contributed by atoms with Gasteiger partial charge in [0.25, 0.3) is 5.91 Å². The largest absolute Gasteiger partial charge is 0.322 e. The highest BCUT2D eigenvalue weighted by atomic mass is 79.9. The standard InChI is InChI=1S/C14H9BrClN3O/c1-8-2-3-9(6-17)4-12(8)19-14(20)11-5-10(15)7-18-13(11)16/h2-5,7H,1H3,(H,19,20). The highest BCUT2D eigenvalue weighted by Gasteiger charge is 2.13. The molecule has 0 aliphatic rings. The van der Waals surface area contributed by atoms with Gasteiger partial charge in [-0.25, -0.2) is 4.98 Å². The Morgan fingerprint density at radius 1 is 1.45 bits per heavy atom. The smallest absolute Gasteiger partial charge is 0.258 e. The van der Waals surface area contributed by atoms with Gasteiger partial charge in [0, 0.05) is 16.4 Å². The third kappa shape index (κ3) is 3.16. The molecule has 0 bridgehead atoms. The molecule has 1 aromatic carbocycles. The molecule has 0 radical (unpaired) electrons. The summed E-state index contributed by atoms with van der Waals surface area (Å²) < 4.78 is 0.662. The Hall–Kier alpha value is -1.90. The van der Waals surface area contributed by atoms with Gasteiger partial charge < -0.3 is 5.32 Å². The number of carbonyl (C=O) groups is 1. The van der Waals surface area contributed by atoms with E-state index in [0.717, 1.165) is 5.56 Å². The summed E-state index contributed by atoms with van der Waals surface area (Å²) in [5.74, 6) is -0.373. The van der Waals surface area contributed by atoms with Crippen LogP contribution in [0.3, 0.4) is 0 Å². The van der Waals surface area contributed by atoms with E-state index in [9.17, 15) is 4.79 Å². The summed E-state index contributed by atoms with van der Waals surface area (Å²) in [6, 6.07) is 8.71. The number of rotatable bonds is 2. The number of nitriles is 1. The van der Waals surface area contributed by atoms with Crippen molar-refractivity contribution in [3.8, 4) is 6.07 Å². The molecule has 0 unspecified atom stereocenters.